The van der Waals surface area contributed by atoms with Crippen molar-refractivity contribution in [3.63, 3.8) is 0 Å². The van der Waals surface area contributed by atoms with Gasteiger partial charge in [0.15, 0.2) is 0 Å². The summed E-state index contributed by atoms with van der Waals surface area (Å²) >= 11 is 0. The summed E-state index contributed by atoms with van der Waals surface area (Å²) in [6.07, 6.45) is 4.81. The number of aliphatic hydroxyl groups is 1. The van der Waals surface area contributed by atoms with Gasteiger partial charge < -0.3 is 10.0 Å². The summed E-state index contributed by atoms with van der Waals surface area (Å²) < 4.78 is 0. The minimum absolute atomic E-state index is 0.319. The van der Waals surface area contributed by atoms with Gasteiger partial charge in [-0.1, -0.05) is 60.7 Å². The molecule has 0 spiro atoms. The Bertz CT molecular complexity index is 591. The SMILES string of the molecule is OC1CCN(C/C=C/c2ccccc2)c2ccccc21. The molecule has 0 bridgehead atoms. The zero-order chi connectivity index (χ0) is 13.8. The lowest BCUT2D eigenvalue weighted by atomic mass is 9.99. The first-order valence-electron chi connectivity index (χ1n) is 7.08. The van der Waals surface area contributed by atoms with Crippen LogP contribution in [-0.4, -0.2) is 18.2 Å². The molecule has 2 aromatic rings. The second kappa shape index (κ2) is 5.93. The number of aliphatic hydroxyl groups excluding tert-OH is 1. The Morgan fingerprint density at radius 1 is 1.05 bits per heavy atom. The molecule has 1 aliphatic rings. The number of fused-ring (bicyclic) bond motifs is 1. The normalized spacial score (nSPS) is 18.2. The molecule has 102 valence electrons. The van der Waals surface area contributed by atoms with E-state index in [1.54, 1.807) is 0 Å². The summed E-state index contributed by atoms with van der Waals surface area (Å²) in [6.45, 7) is 1.77. The number of para-hydroxylation sites is 1. The zero-order valence-electron chi connectivity index (χ0n) is 11.4. The molecule has 2 nitrogen and oxygen atoms in total. The molecule has 20 heavy (non-hydrogen) atoms. The van der Waals surface area contributed by atoms with Gasteiger partial charge in [0.2, 0.25) is 0 Å². The van der Waals surface area contributed by atoms with Gasteiger partial charge >= 0.3 is 0 Å². The minimum atomic E-state index is -0.319. The van der Waals surface area contributed by atoms with Crippen LogP contribution in [0.5, 0.6) is 0 Å². The van der Waals surface area contributed by atoms with E-state index >= 15 is 0 Å². The monoisotopic (exact) mass is 265 g/mol. The molecule has 1 atom stereocenters. The number of anilines is 1. The van der Waals surface area contributed by atoms with E-state index in [0.717, 1.165) is 30.8 Å². The first kappa shape index (κ1) is 12.9. The Kier molecular flexibility index (Phi) is 3.84. The molecule has 2 aromatic carbocycles. The number of rotatable bonds is 3. The molecule has 0 saturated carbocycles. The number of benzene rings is 2. The maximum absolute atomic E-state index is 10.0. The van der Waals surface area contributed by atoms with Gasteiger partial charge in [0.05, 0.1) is 6.10 Å². The third-order valence-electron chi connectivity index (χ3n) is 3.74. The van der Waals surface area contributed by atoms with Gasteiger partial charge in [-0.2, -0.15) is 0 Å². The van der Waals surface area contributed by atoms with E-state index in [2.05, 4.69) is 35.3 Å². The summed E-state index contributed by atoms with van der Waals surface area (Å²) in [4.78, 5) is 2.32. The fourth-order valence-corrected chi connectivity index (χ4v) is 2.68. The molecular formula is C18H19NO. The molecule has 1 heterocycles. The standard InChI is InChI=1S/C18H19NO/c20-18-12-14-19(17-11-5-4-10-16(17)18)13-6-9-15-7-2-1-3-8-15/h1-11,18,20H,12-14H2/b9-6+. The van der Waals surface area contributed by atoms with Crippen LogP contribution in [0, 0.1) is 0 Å². The van der Waals surface area contributed by atoms with Crippen LogP contribution in [0.4, 0.5) is 5.69 Å². The molecule has 1 unspecified atom stereocenters. The average Bonchev–Trinajstić information content (AvgIpc) is 2.51. The van der Waals surface area contributed by atoms with Crippen LogP contribution in [0.3, 0.4) is 0 Å². The van der Waals surface area contributed by atoms with Crippen LogP contribution in [0.25, 0.3) is 6.08 Å². The third kappa shape index (κ3) is 2.75. The van der Waals surface area contributed by atoms with Crippen LogP contribution in [0.2, 0.25) is 0 Å². The van der Waals surface area contributed by atoms with E-state index in [-0.39, 0.29) is 6.10 Å². The van der Waals surface area contributed by atoms with Crippen molar-refractivity contribution in [2.24, 2.45) is 0 Å². The van der Waals surface area contributed by atoms with Crippen molar-refractivity contribution >= 4 is 11.8 Å². The Morgan fingerprint density at radius 2 is 1.80 bits per heavy atom. The molecular weight excluding hydrogens is 246 g/mol. The van der Waals surface area contributed by atoms with E-state index in [4.69, 9.17) is 0 Å². The Morgan fingerprint density at radius 3 is 2.65 bits per heavy atom. The van der Waals surface area contributed by atoms with Gasteiger partial charge in [-0.05, 0) is 18.1 Å². The van der Waals surface area contributed by atoms with Gasteiger partial charge in [0, 0.05) is 24.3 Å². The third-order valence-corrected chi connectivity index (χ3v) is 3.74. The van der Waals surface area contributed by atoms with Crippen molar-refractivity contribution in [3.05, 3.63) is 71.8 Å². The van der Waals surface area contributed by atoms with Crippen LogP contribution in [-0.2, 0) is 0 Å². The fraction of sp³-hybridized carbons (Fsp3) is 0.222. The second-order valence-corrected chi connectivity index (χ2v) is 5.12. The fourth-order valence-electron chi connectivity index (χ4n) is 2.68. The lowest BCUT2D eigenvalue weighted by Gasteiger charge is -2.33. The molecule has 3 rings (SSSR count). The highest BCUT2D eigenvalue weighted by molar-refractivity contribution is 5.58. The maximum Gasteiger partial charge on any atom is 0.0826 e. The average molecular weight is 265 g/mol. The van der Waals surface area contributed by atoms with E-state index in [1.807, 2.05) is 36.4 Å². The van der Waals surface area contributed by atoms with Crippen molar-refractivity contribution in [2.45, 2.75) is 12.5 Å². The molecule has 0 amide bonds. The van der Waals surface area contributed by atoms with Crippen LogP contribution in [0.1, 0.15) is 23.7 Å². The number of hydrogen-bond donors (Lipinski definition) is 1. The maximum atomic E-state index is 10.0. The van der Waals surface area contributed by atoms with Gasteiger partial charge in [0.1, 0.15) is 0 Å². The molecule has 1 N–H and O–H groups in total. The number of nitrogens with zero attached hydrogens (tertiary/aromatic N) is 1. The van der Waals surface area contributed by atoms with Crippen molar-refractivity contribution in [2.75, 3.05) is 18.0 Å². The predicted molar refractivity (Wildman–Crippen MR) is 83.7 cm³/mol. The first-order valence-corrected chi connectivity index (χ1v) is 7.08. The number of hydrogen-bond acceptors (Lipinski definition) is 2. The van der Waals surface area contributed by atoms with Crippen molar-refractivity contribution in [3.8, 4) is 0 Å². The summed E-state index contributed by atoms with van der Waals surface area (Å²) in [5.41, 5.74) is 3.42. The van der Waals surface area contributed by atoms with Crippen LogP contribution < -0.4 is 4.90 Å². The van der Waals surface area contributed by atoms with Crippen LogP contribution in [0.15, 0.2) is 60.7 Å². The van der Waals surface area contributed by atoms with Crippen molar-refractivity contribution < 1.29 is 5.11 Å². The quantitative estimate of drug-likeness (QED) is 0.915. The highest BCUT2D eigenvalue weighted by Crippen LogP contribution is 2.33. The molecule has 1 aliphatic heterocycles. The molecule has 0 radical (unpaired) electrons. The minimum Gasteiger partial charge on any atom is -0.388 e. The van der Waals surface area contributed by atoms with E-state index < -0.39 is 0 Å². The van der Waals surface area contributed by atoms with Crippen molar-refractivity contribution in [1.82, 2.24) is 0 Å². The zero-order valence-corrected chi connectivity index (χ0v) is 11.4. The molecule has 0 aliphatic carbocycles. The topological polar surface area (TPSA) is 23.5 Å². The van der Waals surface area contributed by atoms with Gasteiger partial charge in [0.25, 0.3) is 0 Å². The lowest BCUT2D eigenvalue weighted by molar-refractivity contribution is 0.164. The Labute approximate surface area is 120 Å². The Balaban J connectivity index is 1.73. The van der Waals surface area contributed by atoms with Gasteiger partial charge in [-0.25, -0.2) is 0 Å². The molecule has 0 aromatic heterocycles. The highest BCUT2D eigenvalue weighted by atomic mass is 16.3. The summed E-state index contributed by atoms with van der Waals surface area (Å²) in [7, 11) is 0. The Hall–Kier alpha value is -2.06. The second-order valence-electron chi connectivity index (χ2n) is 5.12. The molecule has 0 saturated heterocycles. The van der Waals surface area contributed by atoms with E-state index in [1.165, 1.54) is 5.56 Å². The molecule has 0 fully saturated rings. The highest BCUT2D eigenvalue weighted by Gasteiger charge is 2.21. The predicted octanol–water partition coefficient (Wildman–Crippen LogP) is 3.64. The van der Waals surface area contributed by atoms with Crippen molar-refractivity contribution in [1.29, 1.82) is 0 Å². The lowest BCUT2D eigenvalue weighted by Crippen LogP contribution is -2.31. The molecule has 2 heteroatoms. The smallest absolute Gasteiger partial charge is 0.0826 e. The van der Waals surface area contributed by atoms with E-state index in [9.17, 15) is 5.11 Å². The van der Waals surface area contributed by atoms with Crippen LogP contribution >= 0.6 is 0 Å². The summed E-state index contributed by atoms with van der Waals surface area (Å²) in [5.74, 6) is 0. The van der Waals surface area contributed by atoms with Gasteiger partial charge in [-0.3, -0.25) is 0 Å². The van der Waals surface area contributed by atoms with E-state index in [0.29, 0.717) is 0 Å². The largest absolute Gasteiger partial charge is 0.388 e. The van der Waals surface area contributed by atoms with Gasteiger partial charge in [-0.15, -0.1) is 0 Å². The summed E-state index contributed by atoms with van der Waals surface area (Å²) in [6, 6.07) is 18.5. The first-order chi connectivity index (χ1) is 9.84. The summed E-state index contributed by atoms with van der Waals surface area (Å²) in [5, 5.41) is 10.0.